The summed E-state index contributed by atoms with van der Waals surface area (Å²) >= 11 is 1.68. The van der Waals surface area contributed by atoms with Gasteiger partial charge < -0.3 is 4.74 Å². The van der Waals surface area contributed by atoms with E-state index in [-0.39, 0.29) is 10.8 Å². The summed E-state index contributed by atoms with van der Waals surface area (Å²) in [5.74, 6) is 0.567. The molecule has 0 unspecified atom stereocenters. The zero-order valence-electron chi connectivity index (χ0n) is 18.1. The first-order valence-electron chi connectivity index (χ1n) is 11.0. The summed E-state index contributed by atoms with van der Waals surface area (Å²) in [6.45, 7) is 1.11. The minimum absolute atomic E-state index is 0.0466. The Hall–Kier alpha value is -3.42. The maximum absolute atomic E-state index is 13.3. The predicted octanol–water partition coefficient (Wildman–Crippen LogP) is 4.94. The molecule has 6 nitrogen and oxygen atoms in total. The molecule has 0 aliphatic heterocycles. The second kappa shape index (κ2) is 8.17. The van der Waals surface area contributed by atoms with Gasteiger partial charge in [-0.1, -0.05) is 72.4 Å². The van der Waals surface area contributed by atoms with Gasteiger partial charge in [-0.3, -0.25) is 13.8 Å². The van der Waals surface area contributed by atoms with Gasteiger partial charge in [0, 0.05) is 20.3 Å². The highest BCUT2D eigenvalue weighted by Crippen LogP contribution is 2.51. The van der Waals surface area contributed by atoms with E-state index in [9.17, 15) is 4.79 Å². The smallest absolute Gasteiger partial charge is 0.262 e. The number of hydrogen-bond donors (Lipinski definition) is 0. The van der Waals surface area contributed by atoms with Gasteiger partial charge in [0.25, 0.3) is 5.56 Å². The van der Waals surface area contributed by atoms with Crippen LogP contribution in [-0.2, 0) is 11.3 Å². The summed E-state index contributed by atoms with van der Waals surface area (Å²) in [7, 11) is 1.67. The van der Waals surface area contributed by atoms with Crippen LogP contribution in [-0.4, -0.2) is 32.9 Å². The summed E-state index contributed by atoms with van der Waals surface area (Å²) in [6, 6.07) is 24.8. The van der Waals surface area contributed by atoms with Gasteiger partial charge in [0.2, 0.25) is 5.78 Å². The van der Waals surface area contributed by atoms with Crippen molar-refractivity contribution in [2.75, 3.05) is 13.7 Å². The van der Waals surface area contributed by atoms with Gasteiger partial charge >= 0.3 is 0 Å². The van der Waals surface area contributed by atoms with E-state index in [0.29, 0.717) is 24.3 Å². The van der Waals surface area contributed by atoms with Crippen LogP contribution in [0.5, 0.6) is 0 Å². The number of rotatable bonds is 6. The predicted molar refractivity (Wildman–Crippen MR) is 131 cm³/mol. The quantitative estimate of drug-likeness (QED) is 0.340. The van der Waals surface area contributed by atoms with Crippen molar-refractivity contribution < 1.29 is 4.74 Å². The van der Waals surface area contributed by atoms with E-state index in [0.717, 1.165) is 17.1 Å². The van der Waals surface area contributed by atoms with Crippen molar-refractivity contribution in [3.8, 4) is 11.1 Å². The van der Waals surface area contributed by atoms with Crippen molar-refractivity contribution in [1.29, 1.82) is 0 Å². The first-order valence-corrected chi connectivity index (χ1v) is 11.9. The van der Waals surface area contributed by atoms with Crippen LogP contribution in [0.15, 0.2) is 82.7 Å². The molecule has 2 aromatic heterocycles. The molecule has 3 aromatic carbocycles. The molecule has 2 heterocycles. The summed E-state index contributed by atoms with van der Waals surface area (Å²) in [5, 5.41) is 10.6. The Bertz CT molecular complexity index is 1510. The van der Waals surface area contributed by atoms with Crippen LogP contribution in [0.25, 0.3) is 27.8 Å². The maximum atomic E-state index is 13.3. The number of benzene rings is 3. The molecule has 0 radical (unpaired) electrons. The lowest BCUT2D eigenvalue weighted by atomic mass is 10.1. The van der Waals surface area contributed by atoms with Crippen LogP contribution < -0.4 is 5.56 Å². The molecule has 0 saturated heterocycles. The molecule has 1 aliphatic rings. The number of fused-ring (bicyclic) bond motifs is 6. The van der Waals surface area contributed by atoms with Crippen LogP contribution >= 0.6 is 11.8 Å². The minimum atomic E-state index is -0.0466. The van der Waals surface area contributed by atoms with Gasteiger partial charge in [-0.2, -0.15) is 0 Å². The Balaban J connectivity index is 1.53. The highest BCUT2D eigenvalue weighted by Gasteiger charge is 2.30. The third-order valence-electron chi connectivity index (χ3n) is 6.21. The second-order valence-electron chi connectivity index (χ2n) is 8.11. The Morgan fingerprint density at radius 3 is 2.30 bits per heavy atom. The number of aryl methyl sites for hydroxylation is 1. The third-order valence-corrected chi connectivity index (χ3v) is 7.43. The zero-order valence-corrected chi connectivity index (χ0v) is 19.0. The van der Waals surface area contributed by atoms with E-state index in [2.05, 4.69) is 58.7 Å². The molecule has 5 aromatic rings. The molecule has 0 bridgehead atoms. The topological polar surface area (TPSA) is 61.4 Å². The minimum Gasteiger partial charge on any atom is -0.385 e. The number of nitrogens with zero attached hydrogens (tertiary/aromatic N) is 4. The van der Waals surface area contributed by atoms with Gasteiger partial charge in [-0.05, 0) is 40.8 Å². The number of aromatic nitrogens is 4. The number of methoxy groups -OCH3 is 1. The van der Waals surface area contributed by atoms with E-state index in [1.54, 1.807) is 23.4 Å². The highest BCUT2D eigenvalue weighted by atomic mass is 32.2. The SMILES string of the molecule is COCCCn1c(=O)c2ccccc2n2c(SC3c4ccccc4-c4ccccc43)nnc12. The van der Waals surface area contributed by atoms with Crippen molar-refractivity contribution in [2.45, 2.75) is 23.4 Å². The van der Waals surface area contributed by atoms with Crippen molar-refractivity contribution in [1.82, 2.24) is 19.2 Å². The van der Waals surface area contributed by atoms with Crippen molar-refractivity contribution in [3.63, 3.8) is 0 Å². The van der Waals surface area contributed by atoms with Crippen molar-refractivity contribution in [3.05, 3.63) is 94.3 Å². The largest absolute Gasteiger partial charge is 0.385 e. The van der Waals surface area contributed by atoms with Gasteiger partial charge in [-0.15, -0.1) is 10.2 Å². The second-order valence-corrected chi connectivity index (χ2v) is 9.18. The van der Waals surface area contributed by atoms with Gasteiger partial charge in [0.05, 0.1) is 16.2 Å². The van der Waals surface area contributed by atoms with Gasteiger partial charge in [-0.25, -0.2) is 0 Å². The lowest BCUT2D eigenvalue weighted by Crippen LogP contribution is -2.24. The van der Waals surface area contributed by atoms with E-state index >= 15 is 0 Å². The molecular weight excluding hydrogens is 432 g/mol. The Morgan fingerprint density at radius 2 is 1.58 bits per heavy atom. The molecule has 0 atom stereocenters. The average Bonchev–Trinajstić information content (AvgIpc) is 3.42. The molecule has 164 valence electrons. The molecule has 0 spiro atoms. The van der Waals surface area contributed by atoms with Crippen LogP contribution in [0, 0.1) is 0 Å². The molecule has 0 amide bonds. The molecular formula is C26H22N4O2S. The van der Waals surface area contributed by atoms with E-state index in [4.69, 9.17) is 4.74 Å². The monoisotopic (exact) mass is 454 g/mol. The maximum Gasteiger partial charge on any atom is 0.262 e. The number of hydrogen-bond acceptors (Lipinski definition) is 5. The average molecular weight is 455 g/mol. The molecule has 7 heteroatoms. The van der Waals surface area contributed by atoms with Crippen molar-refractivity contribution in [2.24, 2.45) is 0 Å². The summed E-state index contributed by atoms with van der Waals surface area (Å²) < 4.78 is 8.94. The van der Waals surface area contributed by atoms with E-state index in [1.807, 2.05) is 28.7 Å². The number of ether oxygens (including phenoxy) is 1. The highest BCUT2D eigenvalue weighted by molar-refractivity contribution is 7.99. The number of thioether (sulfide) groups is 1. The first kappa shape index (κ1) is 20.2. The molecule has 1 aliphatic carbocycles. The van der Waals surface area contributed by atoms with Crippen LogP contribution in [0.3, 0.4) is 0 Å². The van der Waals surface area contributed by atoms with Gasteiger partial charge in [0.1, 0.15) is 0 Å². The fourth-order valence-electron chi connectivity index (χ4n) is 4.72. The summed E-state index contributed by atoms with van der Waals surface area (Å²) in [5.41, 5.74) is 5.86. The fourth-order valence-corrected chi connectivity index (χ4v) is 5.97. The van der Waals surface area contributed by atoms with Crippen molar-refractivity contribution >= 4 is 28.4 Å². The van der Waals surface area contributed by atoms with Crippen LogP contribution in [0.4, 0.5) is 0 Å². The molecule has 0 fully saturated rings. The Labute approximate surface area is 194 Å². The zero-order chi connectivity index (χ0) is 22.4. The van der Waals surface area contributed by atoms with Crippen LogP contribution in [0.1, 0.15) is 22.8 Å². The number of para-hydroxylation sites is 1. The summed E-state index contributed by atoms with van der Waals surface area (Å²) in [6.07, 6.45) is 0.725. The lowest BCUT2D eigenvalue weighted by molar-refractivity contribution is 0.190. The van der Waals surface area contributed by atoms with Gasteiger partial charge in [0.15, 0.2) is 5.16 Å². The first-order chi connectivity index (χ1) is 16.3. The standard InChI is InChI=1S/C26H22N4O2S/c1-32-16-8-15-29-24(31)21-13-6-7-14-22(21)30-25(29)27-28-26(30)33-23-19-11-4-2-9-17(19)18-10-3-5-12-20(18)23/h2-7,9-14,23H,8,15-16H2,1H3. The Kier molecular flexibility index (Phi) is 5.00. The molecule has 0 saturated carbocycles. The fraction of sp³-hybridized carbons (Fsp3) is 0.192. The Morgan fingerprint density at radius 1 is 0.909 bits per heavy atom. The third kappa shape index (κ3) is 3.19. The van der Waals surface area contributed by atoms with Crippen LogP contribution in [0.2, 0.25) is 0 Å². The lowest BCUT2D eigenvalue weighted by Gasteiger charge is -2.14. The summed E-state index contributed by atoms with van der Waals surface area (Å²) in [4.78, 5) is 13.3. The van der Waals surface area contributed by atoms with E-state index in [1.165, 1.54) is 22.3 Å². The molecule has 33 heavy (non-hydrogen) atoms. The molecule has 6 rings (SSSR count). The van der Waals surface area contributed by atoms with E-state index < -0.39 is 0 Å². The molecule has 0 N–H and O–H groups in total. The normalized spacial score (nSPS) is 13.0.